The molecule has 0 spiro atoms. The monoisotopic (exact) mass is 532 g/mol. The van der Waals surface area contributed by atoms with Gasteiger partial charge in [0.1, 0.15) is 11.5 Å². The molecule has 1 aliphatic heterocycles. The summed E-state index contributed by atoms with van der Waals surface area (Å²) in [7, 11) is 5.19. The number of nitrogens with two attached hydrogens (primary N) is 1. The maximum Gasteiger partial charge on any atom is 0.257 e. The zero-order chi connectivity index (χ0) is 28.0. The highest BCUT2D eigenvalue weighted by Gasteiger charge is 2.22. The number of pyridine rings is 2. The Hall–Kier alpha value is -4.31. The van der Waals surface area contributed by atoms with E-state index >= 15 is 4.39 Å². The first-order chi connectivity index (χ1) is 18.5. The molecule has 0 atom stereocenters. The molecule has 0 unspecified atom stereocenters. The van der Waals surface area contributed by atoms with E-state index < -0.39 is 11.4 Å². The van der Waals surface area contributed by atoms with Crippen LogP contribution in [0, 0.1) is 18.6 Å². The number of amides is 1. The number of halogens is 2. The summed E-state index contributed by atoms with van der Waals surface area (Å²) in [5, 5.41) is 0.722. The lowest BCUT2D eigenvalue weighted by Crippen LogP contribution is -2.29. The van der Waals surface area contributed by atoms with Crippen LogP contribution in [0.15, 0.2) is 53.6 Å². The number of aryl methyl sites for hydroxylation is 2. The highest BCUT2D eigenvalue weighted by molar-refractivity contribution is 5.94. The molecule has 0 aliphatic carbocycles. The van der Waals surface area contributed by atoms with E-state index in [0.29, 0.717) is 48.5 Å². The number of aromatic nitrogens is 3. The Kier molecular flexibility index (Phi) is 6.82. The molecule has 0 saturated carbocycles. The van der Waals surface area contributed by atoms with E-state index in [-0.39, 0.29) is 17.4 Å². The van der Waals surface area contributed by atoms with Crippen molar-refractivity contribution in [2.24, 2.45) is 7.05 Å². The zero-order valence-corrected chi connectivity index (χ0v) is 22.3. The molecule has 1 amide bonds. The quantitative estimate of drug-likeness (QED) is 0.421. The number of hydrogen-bond donors (Lipinski definition) is 1. The van der Waals surface area contributed by atoms with E-state index in [1.165, 1.54) is 15.5 Å². The highest BCUT2D eigenvalue weighted by atomic mass is 19.1. The lowest BCUT2D eigenvalue weighted by Gasteiger charge is -2.27. The van der Waals surface area contributed by atoms with Gasteiger partial charge in [-0.1, -0.05) is 6.08 Å². The van der Waals surface area contributed by atoms with E-state index in [1.807, 2.05) is 30.7 Å². The van der Waals surface area contributed by atoms with Gasteiger partial charge >= 0.3 is 0 Å². The standard InChI is InChI=1S/C29H30F2N6O2/c1-17-11-19(29(39)34(2)3)12-22(30)27(17)18-6-9-36(10-7-18)15-20-13-21-25(5-8-33-28(21)35(20)4)37-16-23(31)24(32)14-26(37)38/h5-6,8,11-14,16H,7,9-10,15,32H2,1-4H3. The minimum Gasteiger partial charge on any atom is -0.396 e. The third-order valence-electron chi connectivity index (χ3n) is 7.24. The van der Waals surface area contributed by atoms with Crippen LogP contribution >= 0.6 is 0 Å². The number of benzene rings is 1. The highest BCUT2D eigenvalue weighted by Crippen LogP contribution is 2.30. The van der Waals surface area contributed by atoms with Crippen LogP contribution in [0.3, 0.4) is 0 Å². The number of anilines is 1. The lowest BCUT2D eigenvalue weighted by atomic mass is 9.93. The summed E-state index contributed by atoms with van der Waals surface area (Å²) in [6.45, 7) is 3.78. The lowest BCUT2D eigenvalue weighted by molar-refractivity contribution is 0.0827. The summed E-state index contributed by atoms with van der Waals surface area (Å²) in [5.41, 5.74) is 9.66. The van der Waals surface area contributed by atoms with Gasteiger partial charge in [-0.25, -0.2) is 13.8 Å². The second-order valence-electron chi connectivity index (χ2n) is 10.1. The van der Waals surface area contributed by atoms with Crippen LogP contribution in [0.5, 0.6) is 0 Å². The number of carbonyl (C=O) groups excluding carboxylic acids is 1. The third kappa shape index (κ3) is 4.83. The van der Waals surface area contributed by atoms with Crippen molar-refractivity contribution in [3.05, 3.63) is 93.2 Å². The molecule has 4 aromatic rings. The van der Waals surface area contributed by atoms with Gasteiger partial charge in [0.2, 0.25) is 0 Å². The maximum absolute atomic E-state index is 15.1. The second-order valence-corrected chi connectivity index (χ2v) is 10.1. The Labute approximate surface area is 224 Å². The van der Waals surface area contributed by atoms with Crippen LogP contribution in [0.2, 0.25) is 0 Å². The van der Waals surface area contributed by atoms with Gasteiger partial charge < -0.3 is 15.2 Å². The summed E-state index contributed by atoms with van der Waals surface area (Å²) < 4.78 is 32.5. The zero-order valence-electron chi connectivity index (χ0n) is 22.3. The molecule has 5 rings (SSSR count). The molecule has 39 heavy (non-hydrogen) atoms. The van der Waals surface area contributed by atoms with Gasteiger partial charge in [-0.15, -0.1) is 0 Å². The van der Waals surface area contributed by atoms with E-state index in [0.717, 1.165) is 34.5 Å². The first-order valence-electron chi connectivity index (χ1n) is 12.6. The molecule has 0 saturated heterocycles. The molecular weight excluding hydrogens is 502 g/mol. The predicted octanol–water partition coefficient (Wildman–Crippen LogP) is 3.88. The Morgan fingerprint density at radius 3 is 2.59 bits per heavy atom. The van der Waals surface area contributed by atoms with Crippen LogP contribution in [0.25, 0.3) is 22.3 Å². The third-order valence-corrected chi connectivity index (χ3v) is 7.24. The van der Waals surface area contributed by atoms with Crippen molar-refractivity contribution in [3.8, 4) is 5.69 Å². The molecule has 10 heteroatoms. The Balaban J connectivity index is 1.40. The molecule has 0 bridgehead atoms. The van der Waals surface area contributed by atoms with Crippen molar-refractivity contribution in [1.82, 2.24) is 23.9 Å². The summed E-state index contributed by atoms with van der Waals surface area (Å²) in [4.78, 5) is 33.0. The summed E-state index contributed by atoms with van der Waals surface area (Å²) in [6.07, 6.45) is 5.38. The molecule has 0 radical (unpaired) electrons. The van der Waals surface area contributed by atoms with Crippen molar-refractivity contribution in [2.75, 3.05) is 32.9 Å². The number of carbonyl (C=O) groups is 1. The fourth-order valence-electron chi connectivity index (χ4n) is 5.17. The average Bonchev–Trinajstić information content (AvgIpc) is 3.21. The first kappa shape index (κ1) is 26.3. The summed E-state index contributed by atoms with van der Waals surface area (Å²) in [6, 6.07) is 7.76. The van der Waals surface area contributed by atoms with E-state index in [9.17, 15) is 14.0 Å². The number of hydrogen-bond acceptors (Lipinski definition) is 5. The Morgan fingerprint density at radius 2 is 1.92 bits per heavy atom. The molecule has 3 aromatic heterocycles. The minimum absolute atomic E-state index is 0.194. The molecule has 1 aliphatic rings. The van der Waals surface area contributed by atoms with Gasteiger partial charge in [0.05, 0.1) is 17.6 Å². The van der Waals surface area contributed by atoms with Crippen LogP contribution in [-0.4, -0.2) is 57.0 Å². The maximum atomic E-state index is 15.1. The van der Waals surface area contributed by atoms with Crippen molar-refractivity contribution in [3.63, 3.8) is 0 Å². The van der Waals surface area contributed by atoms with Crippen LogP contribution in [0.4, 0.5) is 14.5 Å². The van der Waals surface area contributed by atoms with Gasteiger partial charge in [0.25, 0.3) is 11.5 Å². The van der Waals surface area contributed by atoms with Gasteiger partial charge in [0, 0.05) is 75.2 Å². The molecular formula is C29H30F2N6O2. The van der Waals surface area contributed by atoms with Crippen molar-refractivity contribution < 1.29 is 13.6 Å². The van der Waals surface area contributed by atoms with E-state index in [4.69, 9.17) is 5.73 Å². The summed E-state index contributed by atoms with van der Waals surface area (Å²) in [5.74, 6) is -1.29. The topological polar surface area (TPSA) is 89.4 Å². The smallest absolute Gasteiger partial charge is 0.257 e. The SMILES string of the molecule is Cc1cc(C(=O)N(C)C)cc(F)c1C1=CCN(Cc2cc3c(-n4cc(F)c(N)cc4=O)ccnc3n2C)CC1. The second kappa shape index (κ2) is 10.1. The van der Waals surface area contributed by atoms with Crippen molar-refractivity contribution >= 4 is 28.2 Å². The molecule has 202 valence electrons. The predicted molar refractivity (Wildman–Crippen MR) is 148 cm³/mol. The molecule has 2 N–H and O–H groups in total. The van der Waals surface area contributed by atoms with Crippen molar-refractivity contribution in [1.29, 1.82) is 0 Å². The minimum atomic E-state index is -0.669. The van der Waals surface area contributed by atoms with Crippen LogP contribution in [0.1, 0.15) is 33.6 Å². The largest absolute Gasteiger partial charge is 0.396 e. The van der Waals surface area contributed by atoms with Crippen LogP contribution in [-0.2, 0) is 13.6 Å². The van der Waals surface area contributed by atoms with Crippen LogP contribution < -0.4 is 11.3 Å². The number of fused-ring (bicyclic) bond motifs is 1. The number of nitrogen functional groups attached to an aromatic ring is 1. The Morgan fingerprint density at radius 1 is 1.15 bits per heavy atom. The first-order valence-corrected chi connectivity index (χ1v) is 12.6. The Bertz CT molecular complexity index is 1680. The molecule has 0 fully saturated rings. The molecule has 1 aromatic carbocycles. The van der Waals surface area contributed by atoms with E-state index in [1.54, 1.807) is 32.4 Å². The number of nitrogens with zero attached hydrogens (tertiary/aromatic N) is 5. The van der Waals surface area contributed by atoms with E-state index in [2.05, 4.69) is 9.88 Å². The average molecular weight is 533 g/mol. The molecule has 8 nitrogen and oxygen atoms in total. The fraction of sp³-hybridized carbons (Fsp3) is 0.276. The summed E-state index contributed by atoms with van der Waals surface area (Å²) >= 11 is 0. The number of rotatable bonds is 5. The van der Waals surface area contributed by atoms with Gasteiger partial charge in [-0.05, 0) is 48.7 Å². The fourth-order valence-corrected chi connectivity index (χ4v) is 5.17. The van der Waals surface area contributed by atoms with Gasteiger partial charge in [-0.2, -0.15) is 0 Å². The normalized spacial score (nSPS) is 14.1. The van der Waals surface area contributed by atoms with Crippen molar-refractivity contribution in [2.45, 2.75) is 19.9 Å². The van der Waals surface area contributed by atoms with Gasteiger partial charge in [0.15, 0.2) is 5.82 Å². The molecule has 4 heterocycles. The van der Waals surface area contributed by atoms with Gasteiger partial charge in [-0.3, -0.25) is 19.1 Å².